The first-order valence-corrected chi connectivity index (χ1v) is 3.00. The van der Waals surface area contributed by atoms with Gasteiger partial charge in [0.25, 0.3) is 0 Å². The molecule has 0 bridgehead atoms. The summed E-state index contributed by atoms with van der Waals surface area (Å²) in [7, 11) is 0. The first-order chi connectivity index (χ1) is 4.04. The Hall–Kier alpha value is -0.570. The number of hydrogen-bond acceptors (Lipinski definition) is 2. The van der Waals surface area contributed by atoms with E-state index in [2.05, 4.69) is 5.32 Å². The molecule has 2 N–H and O–H groups in total. The fourth-order valence-corrected chi connectivity index (χ4v) is 0.863. The molecule has 0 aromatic heterocycles. The second kappa shape index (κ2) is 1.70. The van der Waals surface area contributed by atoms with Crippen molar-refractivity contribution in [2.45, 2.75) is 20.0 Å². The van der Waals surface area contributed by atoms with Gasteiger partial charge in [-0.3, -0.25) is 4.79 Å². The molecule has 1 aliphatic heterocycles. The third-order valence-electron chi connectivity index (χ3n) is 1.71. The van der Waals surface area contributed by atoms with Crippen molar-refractivity contribution < 1.29 is 9.90 Å². The molecule has 1 saturated heterocycles. The fourth-order valence-electron chi connectivity index (χ4n) is 0.863. The molecule has 0 aromatic rings. The summed E-state index contributed by atoms with van der Waals surface area (Å²) >= 11 is 0. The van der Waals surface area contributed by atoms with Crippen LogP contribution in [0.1, 0.15) is 13.8 Å². The van der Waals surface area contributed by atoms with E-state index >= 15 is 0 Å². The molecule has 9 heavy (non-hydrogen) atoms. The standard InChI is InChI=1S/C6H11NO2/c1-6(2)3-7-5(9)4(6)8/h4,8H,3H2,1-2H3,(H,7,9)/t4-/m1/s1. The number of rotatable bonds is 0. The van der Waals surface area contributed by atoms with Crippen LogP contribution in [0.3, 0.4) is 0 Å². The van der Waals surface area contributed by atoms with Crippen LogP contribution in [-0.2, 0) is 4.79 Å². The van der Waals surface area contributed by atoms with Crippen LogP contribution in [-0.4, -0.2) is 23.7 Å². The van der Waals surface area contributed by atoms with Gasteiger partial charge >= 0.3 is 0 Å². The lowest BCUT2D eigenvalue weighted by atomic mass is 9.90. The molecule has 0 radical (unpaired) electrons. The number of aliphatic hydroxyl groups excluding tert-OH is 1. The Labute approximate surface area is 54.1 Å². The van der Waals surface area contributed by atoms with Crippen molar-refractivity contribution in [3.05, 3.63) is 0 Å². The van der Waals surface area contributed by atoms with Crippen LogP contribution in [0.25, 0.3) is 0 Å². The summed E-state index contributed by atoms with van der Waals surface area (Å²) in [6, 6.07) is 0. The lowest BCUT2D eigenvalue weighted by Crippen LogP contribution is -2.29. The Bertz CT molecular complexity index is 142. The third kappa shape index (κ3) is 0.920. The number of carbonyl (C=O) groups is 1. The summed E-state index contributed by atoms with van der Waals surface area (Å²) in [5.41, 5.74) is -0.281. The molecule has 1 amide bonds. The van der Waals surface area contributed by atoms with Crippen molar-refractivity contribution >= 4 is 5.91 Å². The molecule has 3 heteroatoms. The highest BCUT2D eigenvalue weighted by atomic mass is 16.3. The molecule has 1 heterocycles. The zero-order chi connectivity index (χ0) is 7.07. The predicted molar refractivity (Wildman–Crippen MR) is 32.8 cm³/mol. The van der Waals surface area contributed by atoms with Crippen molar-refractivity contribution in [2.24, 2.45) is 5.41 Å². The first-order valence-electron chi connectivity index (χ1n) is 3.00. The van der Waals surface area contributed by atoms with E-state index in [-0.39, 0.29) is 11.3 Å². The third-order valence-corrected chi connectivity index (χ3v) is 1.71. The molecule has 3 nitrogen and oxygen atoms in total. The van der Waals surface area contributed by atoms with Crippen LogP contribution in [0, 0.1) is 5.41 Å². The Kier molecular flexibility index (Phi) is 1.24. The van der Waals surface area contributed by atoms with Crippen molar-refractivity contribution in [1.29, 1.82) is 0 Å². The second-order valence-electron chi connectivity index (χ2n) is 3.11. The summed E-state index contributed by atoms with van der Waals surface area (Å²) in [4.78, 5) is 10.6. The smallest absolute Gasteiger partial charge is 0.249 e. The number of amides is 1. The van der Waals surface area contributed by atoms with Crippen molar-refractivity contribution in [1.82, 2.24) is 5.32 Å². The SMILES string of the molecule is CC1(C)CNC(=O)[C@H]1O. The molecule has 1 atom stereocenters. The van der Waals surface area contributed by atoms with E-state index in [9.17, 15) is 4.79 Å². The van der Waals surface area contributed by atoms with Gasteiger partial charge in [-0.15, -0.1) is 0 Å². The summed E-state index contributed by atoms with van der Waals surface area (Å²) in [6.45, 7) is 4.29. The first kappa shape index (κ1) is 6.55. The average molecular weight is 129 g/mol. The molecule has 0 aromatic carbocycles. The Morgan fingerprint density at radius 1 is 1.78 bits per heavy atom. The van der Waals surface area contributed by atoms with Crippen molar-refractivity contribution in [2.75, 3.05) is 6.54 Å². The molecule has 1 rings (SSSR count). The minimum atomic E-state index is -0.822. The van der Waals surface area contributed by atoms with Gasteiger partial charge in [-0.05, 0) is 0 Å². The highest BCUT2D eigenvalue weighted by Gasteiger charge is 2.39. The largest absolute Gasteiger partial charge is 0.383 e. The van der Waals surface area contributed by atoms with Crippen LogP contribution in [0.4, 0.5) is 0 Å². The van der Waals surface area contributed by atoms with Crippen molar-refractivity contribution in [3.8, 4) is 0 Å². The molecule has 0 unspecified atom stereocenters. The molecule has 1 fully saturated rings. The lowest BCUT2D eigenvalue weighted by Gasteiger charge is -2.17. The highest BCUT2D eigenvalue weighted by Crippen LogP contribution is 2.23. The van der Waals surface area contributed by atoms with E-state index in [4.69, 9.17) is 5.11 Å². The highest BCUT2D eigenvalue weighted by molar-refractivity contribution is 5.83. The topological polar surface area (TPSA) is 49.3 Å². The van der Waals surface area contributed by atoms with E-state index in [1.165, 1.54) is 0 Å². The second-order valence-corrected chi connectivity index (χ2v) is 3.11. The number of aliphatic hydroxyl groups is 1. The minimum Gasteiger partial charge on any atom is -0.383 e. The Balaban J connectivity index is 2.73. The van der Waals surface area contributed by atoms with Crippen LogP contribution in [0.2, 0.25) is 0 Å². The van der Waals surface area contributed by atoms with Gasteiger partial charge in [-0.1, -0.05) is 13.8 Å². The van der Waals surface area contributed by atoms with Crippen molar-refractivity contribution in [3.63, 3.8) is 0 Å². The lowest BCUT2D eigenvalue weighted by molar-refractivity contribution is -0.128. The van der Waals surface area contributed by atoms with E-state index in [0.29, 0.717) is 6.54 Å². The monoisotopic (exact) mass is 129 g/mol. The Morgan fingerprint density at radius 2 is 2.33 bits per heavy atom. The minimum absolute atomic E-state index is 0.250. The Morgan fingerprint density at radius 3 is 2.44 bits per heavy atom. The maximum atomic E-state index is 10.6. The van der Waals surface area contributed by atoms with Gasteiger partial charge in [-0.2, -0.15) is 0 Å². The quantitative estimate of drug-likeness (QED) is 0.463. The van der Waals surface area contributed by atoms with Crippen LogP contribution >= 0.6 is 0 Å². The summed E-state index contributed by atoms with van der Waals surface area (Å²) in [5, 5.41) is 11.7. The van der Waals surface area contributed by atoms with E-state index in [1.807, 2.05) is 13.8 Å². The summed E-state index contributed by atoms with van der Waals surface area (Å²) in [6.07, 6.45) is -0.822. The molecule has 0 spiro atoms. The van der Waals surface area contributed by atoms with Gasteiger partial charge in [0.05, 0.1) is 0 Å². The van der Waals surface area contributed by atoms with Gasteiger partial charge in [0.2, 0.25) is 5.91 Å². The molecule has 52 valence electrons. The van der Waals surface area contributed by atoms with Gasteiger partial charge < -0.3 is 10.4 Å². The van der Waals surface area contributed by atoms with Crippen LogP contribution < -0.4 is 5.32 Å². The summed E-state index contributed by atoms with van der Waals surface area (Å²) < 4.78 is 0. The molecular formula is C6H11NO2. The number of carbonyl (C=O) groups excluding carboxylic acids is 1. The molecule has 0 saturated carbocycles. The molecule has 1 aliphatic rings. The van der Waals surface area contributed by atoms with Gasteiger partial charge in [-0.25, -0.2) is 0 Å². The molecule has 0 aliphatic carbocycles. The number of hydrogen-bond donors (Lipinski definition) is 2. The summed E-state index contributed by atoms with van der Waals surface area (Å²) in [5.74, 6) is -0.250. The predicted octanol–water partition coefficient (Wildman–Crippen LogP) is -0.497. The maximum absolute atomic E-state index is 10.6. The van der Waals surface area contributed by atoms with Gasteiger partial charge in [0.1, 0.15) is 6.10 Å². The average Bonchev–Trinajstić information content (AvgIpc) is 1.97. The normalized spacial score (nSPS) is 32.3. The van der Waals surface area contributed by atoms with Crippen LogP contribution in [0.15, 0.2) is 0 Å². The number of nitrogens with one attached hydrogen (secondary N) is 1. The van der Waals surface area contributed by atoms with Crippen LogP contribution in [0.5, 0.6) is 0 Å². The fraction of sp³-hybridized carbons (Fsp3) is 0.833. The maximum Gasteiger partial charge on any atom is 0.249 e. The molecular weight excluding hydrogens is 118 g/mol. The van der Waals surface area contributed by atoms with E-state index < -0.39 is 6.10 Å². The van der Waals surface area contributed by atoms with E-state index in [0.717, 1.165) is 0 Å². The zero-order valence-corrected chi connectivity index (χ0v) is 5.64. The van der Waals surface area contributed by atoms with E-state index in [1.54, 1.807) is 0 Å². The van der Waals surface area contributed by atoms with Gasteiger partial charge in [0.15, 0.2) is 0 Å². The zero-order valence-electron chi connectivity index (χ0n) is 5.64. The van der Waals surface area contributed by atoms with Gasteiger partial charge in [0, 0.05) is 12.0 Å².